The van der Waals surface area contributed by atoms with Gasteiger partial charge in [-0.2, -0.15) is 0 Å². The normalized spacial score (nSPS) is 50.2. The van der Waals surface area contributed by atoms with Crippen LogP contribution in [-0.4, -0.2) is 10.8 Å². The fraction of sp³-hybridized carbons (Fsp3) is 0.500. The first kappa shape index (κ1) is 6.75. The molecule has 0 N–H and O–H groups in total. The van der Waals surface area contributed by atoms with Crippen LogP contribution in [0.15, 0.2) is 24.3 Å². The molecule has 2 rings (SSSR count). The van der Waals surface area contributed by atoms with Crippen LogP contribution < -0.4 is 0 Å². The van der Waals surface area contributed by atoms with Crippen molar-refractivity contribution in [3.63, 3.8) is 0 Å². The Morgan fingerprint density at radius 3 is 1.60 bits per heavy atom. The number of halogens is 2. The lowest BCUT2D eigenvalue weighted by molar-refractivity contribution is 0.301. The van der Waals surface area contributed by atoms with Crippen LogP contribution in [0, 0.1) is 11.8 Å². The number of allylic oxidation sites excluding steroid dienone is 4. The highest BCUT2D eigenvalue weighted by molar-refractivity contribution is 6.31. The van der Waals surface area contributed by atoms with Gasteiger partial charge in [-0.15, -0.1) is 23.2 Å². The number of alkyl halides is 2. The Bertz CT molecular complexity index is 173. The molecular formula is C8H8Cl2. The summed E-state index contributed by atoms with van der Waals surface area (Å²) in [6.07, 6.45) is 8.36. The third-order valence-corrected chi connectivity index (χ3v) is 3.52. The molecule has 54 valence electrons. The molecule has 0 nitrogen and oxygen atoms in total. The monoisotopic (exact) mass is 174 g/mol. The van der Waals surface area contributed by atoms with E-state index in [0.717, 1.165) is 0 Å². The van der Waals surface area contributed by atoms with Gasteiger partial charge in [0.25, 0.3) is 0 Å². The smallest absolute Gasteiger partial charge is 0.0574 e. The van der Waals surface area contributed by atoms with Crippen LogP contribution in [0.4, 0.5) is 0 Å². The van der Waals surface area contributed by atoms with E-state index in [4.69, 9.17) is 23.2 Å². The molecule has 0 aromatic rings. The van der Waals surface area contributed by atoms with Crippen molar-refractivity contribution in [1.82, 2.24) is 0 Å². The summed E-state index contributed by atoms with van der Waals surface area (Å²) in [6, 6.07) is 0. The average molecular weight is 175 g/mol. The minimum absolute atomic E-state index is 0.146. The zero-order valence-corrected chi connectivity index (χ0v) is 6.89. The maximum Gasteiger partial charge on any atom is 0.0574 e. The minimum Gasteiger partial charge on any atom is -0.121 e. The fourth-order valence-electron chi connectivity index (χ4n) is 1.56. The zero-order chi connectivity index (χ0) is 7.14. The van der Waals surface area contributed by atoms with Gasteiger partial charge < -0.3 is 0 Å². The lowest BCUT2D eigenvalue weighted by Gasteiger charge is -2.44. The molecule has 0 heterocycles. The van der Waals surface area contributed by atoms with Gasteiger partial charge in [0, 0.05) is 11.8 Å². The molecule has 0 radical (unpaired) electrons. The van der Waals surface area contributed by atoms with Crippen LogP contribution in [0.25, 0.3) is 0 Å². The molecule has 0 aromatic heterocycles. The van der Waals surface area contributed by atoms with Crippen molar-refractivity contribution in [3.8, 4) is 0 Å². The topological polar surface area (TPSA) is 0 Å². The molecule has 2 unspecified atom stereocenters. The van der Waals surface area contributed by atoms with Crippen LogP contribution in [0.3, 0.4) is 0 Å². The quantitative estimate of drug-likeness (QED) is 0.496. The average Bonchev–Trinajstić information content (AvgIpc) is 2.03. The first-order valence-electron chi connectivity index (χ1n) is 3.44. The van der Waals surface area contributed by atoms with E-state index in [1.807, 2.05) is 12.2 Å². The second kappa shape index (κ2) is 2.28. The van der Waals surface area contributed by atoms with Crippen molar-refractivity contribution in [2.75, 3.05) is 0 Å². The van der Waals surface area contributed by atoms with E-state index in [1.54, 1.807) is 0 Å². The first-order chi connectivity index (χ1) is 4.80. The molecule has 0 saturated heterocycles. The molecule has 1 saturated carbocycles. The van der Waals surface area contributed by atoms with Crippen LogP contribution in [0.5, 0.6) is 0 Å². The molecule has 4 atom stereocenters. The van der Waals surface area contributed by atoms with Gasteiger partial charge in [0.1, 0.15) is 0 Å². The van der Waals surface area contributed by atoms with Gasteiger partial charge in [0.15, 0.2) is 0 Å². The molecule has 0 amide bonds. The van der Waals surface area contributed by atoms with Crippen molar-refractivity contribution in [2.45, 2.75) is 10.8 Å². The molecule has 2 aliphatic rings. The highest BCUT2D eigenvalue weighted by Crippen LogP contribution is 2.45. The van der Waals surface area contributed by atoms with E-state index in [0.29, 0.717) is 11.8 Å². The van der Waals surface area contributed by atoms with Crippen LogP contribution in [0.2, 0.25) is 0 Å². The second-order valence-electron chi connectivity index (χ2n) is 2.81. The molecule has 0 aliphatic heterocycles. The fourth-order valence-corrected chi connectivity index (χ4v) is 2.40. The predicted octanol–water partition coefficient (Wildman–Crippen LogP) is 2.57. The third kappa shape index (κ3) is 0.755. The largest absolute Gasteiger partial charge is 0.121 e. The zero-order valence-electron chi connectivity index (χ0n) is 5.37. The number of hydrogen-bond donors (Lipinski definition) is 0. The number of hydrogen-bond acceptors (Lipinski definition) is 0. The standard InChI is InChI=1S/C8H8Cl2/c9-7-5-3-1-2-4-6(5)8(7)10/h1-8H/t5-,6+,7?,8?. The van der Waals surface area contributed by atoms with E-state index in [2.05, 4.69) is 12.2 Å². The van der Waals surface area contributed by atoms with Crippen LogP contribution >= 0.6 is 23.2 Å². The van der Waals surface area contributed by atoms with Gasteiger partial charge in [-0.1, -0.05) is 24.3 Å². The molecule has 1 fully saturated rings. The summed E-state index contributed by atoms with van der Waals surface area (Å²) in [5.74, 6) is 0.989. The second-order valence-corrected chi connectivity index (χ2v) is 3.82. The molecular weight excluding hydrogens is 167 g/mol. The summed E-state index contributed by atoms with van der Waals surface area (Å²) < 4.78 is 0. The molecule has 0 spiro atoms. The van der Waals surface area contributed by atoms with Gasteiger partial charge in [0.2, 0.25) is 0 Å². The van der Waals surface area contributed by atoms with E-state index < -0.39 is 0 Å². The summed E-state index contributed by atoms with van der Waals surface area (Å²) in [6.45, 7) is 0. The Balaban J connectivity index is 2.17. The highest BCUT2D eigenvalue weighted by Gasteiger charge is 2.46. The summed E-state index contributed by atoms with van der Waals surface area (Å²) in [7, 11) is 0. The van der Waals surface area contributed by atoms with Crippen molar-refractivity contribution < 1.29 is 0 Å². The predicted molar refractivity (Wildman–Crippen MR) is 44.5 cm³/mol. The maximum absolute atomic E-state index is 5.96. The Kier molecular flexibility index (Phi) is 1.54. The Morgan fingerprint density at radius 1 is 0.800 bits per heavy atom. The highest BCUT2D eigenvalue weighted by atomic mass is 35.5. The minimum atomic E-state index is 0.146. The maximum atomic E-state index is 5.96. The summed E-state index contributed by atoms with van der Waals surface area (Å²) in [5, 5.41) is 0.292. The van der Waals surface area contributed by atoms with Gasteiger partial charge in [0.05, 0.1) is 10.8 Å². The Labute approximate surface area is 70.5 Å². The molecule has 2 heteroatoms. The summed E-state index contributed by atoms with van der Waals surface area (Å²) >= 11 is 11.9. The van der Waals surface area contributed by atoms with Crippen molar-refractivity contribution in [3.05, 3.63) is 24.3 Å². The van der Waals surface area contributed by atoms with E-state index in [9.17, 15) is 0 Å². The van der Waals surface area contributed by atoms with Crippen molar-refractivity contribution in [2.24, 2.45) is 11.8 Å². The number of fused-ring (bicyclic) bond motifs is 1. The molecule has 0 aromatic carbocycles. The number of rotatable bonds is 0. The van der Waals surface area contributed by atoms with Gasteiger partial charge in [-0.25, -0.2) is 0 Å². The lowest BCUT2D eigenvalue weighted by atomic mass is 9.70. The summed E-state index contributed by atoms with van der Waals surface area (Å²) in [4.78, 5) is 0. The van der Waals surface area contributed by atoms with Gasteiger partial charge in [-0.05, 0) is 0 Å². The Morgan fingerprint density at radius 2 is 1.20 bits per heavy atom. The summed E-state index contributed by atoms with van der Waals surface area (Å²) in [5.41, 5.74) is 0. The van der Waals surface area contributed by atoms with E-state index >= 15 is 0 Å². The third-order valence-electron chi connectivity index (χ3n) is 2.26. The Hall–Kier alpha value is 0.0600. The van der Waals surface area contributed by atoms with Crippen LogP contribution in [-0.2, 0) is 0 Å². The van der Waals surface area contributed by atoms with Crippen molar-refractivity contribution in [1.29, 1.82) is 0 Å². The molecule has 2 aliphatic carbocycles. The molecule has 0 bridgehead atoms. The van der Waals surface area contributed by atoms with Crippen molar-refractivity contribution >= 4 is 23.2 Å². The lowest BCUT2D eigenvalue weighted by Crippen LogP contribution is -2.48. The van der Waals surface area contributed by atoms with Gasteiger partial charge in [-0.3, -0.25) is 0 Å². The van der Waals surface area contributed by atoms with E-state index in [1.165, 1.54) is 0 Å². The van der Waals surface area contributed by atoms with Crippen LogP contribution in [0.1, 0.15) is 0 Å². The molecule has 10 heavy (non-hydrogen) atoms. The first-order valence-corrected chi connectivity index (χ1v) is 4.31. The van der Waals surface area contributed by atoms with E-state index in [-0.39, 0.29) is 10.8 Å². The van der Waals surface area contributed by atoms with Gasteiger partial charge >= 0.3 is 0 Å². The SMILES string of the molecule is ClC1C(Cl)[C@@H]2C=CC=C[C@H]12.